The number of rotatable bonds is 3. The van der Waals surface area contributed by atoms with Gasteiger partial charge in [-0.25, -0.2) is 4.79 Å². The minimum Gasteiger partial charge on any atom is -0.478 e. The maximum atomic E-state index is 10.2. The molecule has 12 heavy (non-hydrogen) atoms. The highest BCUT2D eigenvalue weighted by Gasteiger charge is 2.21. The molecule has 2 N–H and O–H groups in total. The van der Waals surface area contributed by atoms with Crippen LogP contribution in [-0.2, 0) is 4.79 Å². The lowest BCUT2D eigenvalue weighted by atomic mass is 9.81. The van der Waals surface area contributed by atoms with E-state index >= 15 is 0 Å². The summed E-state index contributed by atoms with van der Waals surface area (Å²) in [5.41, 5.74) is -0.0965. The zero-order valence-electron chi connectivity index (χ0n) is 7.74. The molecule has 0 fully saturated rings. The first kappa shape index (κ1) is 11.2. The van der Waals surface area contributed by atoms with E-state index < -0.39 is 5.97 Å². The molecule has 0 saturated carbocycles. The van der Waals surface area contributed by atoms with Gasteiger partial charge in [0.05, 0.1) is 0 Å². The van der Waals surface area contributed by atoms with Crippen LogP contribution in [0.4, 0.5) is 0 Å². The van der Waals surface area contributed by atoms with Crippen molar-refractivity contribution in [2.75, 3.05) is 6.61 Å². The summed E-state index contributed by atoms with van der Waals surface area (Å²) in [4.78, 5) is 10.2. The summed E-state index contributed by atoms with van der Waals surface area (Å²) in [6.45, 7) is 5.85. The van der Waals surface area contributed by atoms with Gasteiger partial charge in [-0.2, -0.15) is 0 Å². The van der Waals surface area contributed by atoms with Crippen molar-refractivity contribution in [2.45, 2.75) is 20.8 Å². The van der Waals surface area contributed by atoms with E-state index in [4.69, 9.17) is 10.2 Å². The molecule has 1 unspecified atom stereocenters. The molecule has 0 bridgehead atoms. The smallest absolute Gasteiger partial charge is 0.327 e. The van der Waals surface area contributed by atoms with Crippen molar-refractivity contribution in [2.24, 2.45) is 11.3 Å². The summed E-state index contributed by atoms with van der Waals surface area (Å²) in [6, 6.07) is 0. The molecule has 0 aliphatic carbocycles. The minimum atomic E-state index is -0.974. The van der Waals surface area contributed by atoms with Crippen LogP contribution in [0.25, 0.3) is 0 Å². The topological polar surface area (TPSA) is 57.5 Å². The highest BCUT2D eigenvalue weighted by atomic mass is 16.4. The van der Waals surface area contributed by atoms with E-state index in [1.54, 1.807) is 0 Å². The molecule has 1 atom stereocenters. The summed E-state index contributed by atoms with van der Waals surface area (Å²) < 4.78 is 0. The fourth-order valence-corrected chi connectivity index (χ4v) is 0.822. The quantitative estimate of drug-likeness (QED) is 0.630. The number of carbonyl (C=O) groups is 1. The largest absolute Gasteiger partial charge is 0.478 e. The molecule has 0 heterocycles. The lowest BCUT2D eigenvalue weighted by Crippen LogP contribution is -2.22. The number of aliphatic carboxylic acids is 1. The fourth-order valence-electron chi connectivity index (χ4n) is 0.822. The molecule has 0 spiro atoms. The third-order valence-corrected chi connectivity index (χ3v) is 1.78. The van der Waals surface area contributed by atoms with Gasteiger partial charge in [0.15, 0.2) is 0 Å². The molecule has 0 amide bonds. The molecule has 0 aliphatic heterocycles. The molecule has 0 aliphatic rings. The Balaban J connectivity index is 4.28. The normalized spacial score (nSPS) is 15.0. The number of aliphatic hydroxyl groups is 1. The van der Waals surface area contributed by atoms with Gasteiger partial charge in [-0.1, -0.05) is 26.8 Å². The van der Waals surface area contributed by atoms with Gasteiger partial charge in [0.1, 0.15) is 0 Å². The van der Waals surface area contributed by atoms with Gasteiger partial charge in [-0.05, 0) is 5.41 Å². The maximum absolute atomic E-state index is 10.2. The molecule has 0 aromatic rings. The molecule has 0 saturated heterocycles. The van der Waals surface area contributed by atoms with E-state index in [9.17, 15) is 4.79 Å². The van der Waals surface area contributed by atoms with Crippen LogP contribution in [-0.4, -0.2) is 22.8 Å². The summed E-state index contributed by atoms with van der Waals surface area (Å²) in [5.74, 6) is -1.08. The third-order valence-electron chi connectivity index (χ3n) is 1.78. The average molecular weight is 172 g/mol. The first-order valence-electron chi connectivity index (χ1n) is 3.90. The Morgan fingerprint density at radius 2 is 2.00 bits per heavy atom. The second-order valence-corrected chi connectivity index (χ2v) is 3.85. The second-order valence-electron chi connectivity index (χ2n) is 3.85. The Hall–Kier alpha value is -0.830. The average Bonchev–Trinajstić information content (AvgIpc) is 1.85. The molecule has 0 aromatic carbocycles. The third kappa shape index (κ3) is 4.13. The van der Waals surface area contributed by atoms with Crippen LogP contribution in [0.5, 0.6) is 0 Å². The molecule has 0 aromatic heterocycles. The predicted molar refractivity (Wildman–Crippen MR) is 46.8 cm³/mol. The number of hydrogen-bond acceptors (Lipinski definition) is 2. The zero-order valence-corrected chi connectivity index (χ0v) is 7.74. The van der Waals surface area contributed by atoms with E-state index in [2.05, 4.69) is 0 Å². The van der Waals surface area contributed by atoms with Gasteiger partial charge in [-0.3, -0.25) is 0 Å². The predicted octanol–water partition coefficient (Wildman–Crippen LogP) is 1.28. The van der Waals surface area contributed by atoms with Gasteiger partial charge in [0.2, 0.25) is 0 Å². The molecule has 0 radical (unpaired) electrons. The summed E-state index contributed by atoms with van der Waals surface area (Å²) in [5, 5.41) is 17.3. The zero-order chi connectivity index (χ0) is 9.78. The Kier molecular flexibility index (Phi) is 3.96. The number of carboxylic acid groups (broad SMARTS) is 1. The van der Waals surface area contributed by atoms with E-state index in [-0.39, 0.29) is 17.9 Å². The first-order chi connectivity index (χ1) is 5.38. The standard InChI is InChI=1S/C9H16O3/c1-9(2,3)7(6-10)4-5-8(11)12/h4-5,7,10H,6H2,1-3H3,(H,11,12). The molecule has 3 heteroatoms. The van der Waals surface area contributed by atoms with Crippen molar-refractivity contribution in [3.05, 3.63) is 12.2 Å². The number of hydrogen-bond donors (Lipinski definition) is 2. The molecular weight excluding hydrogens is 156 g/mol. The maximum Gasteiger partial charge on any atom is 0.327 e. The lowest BCUT2D eigenvalue weighted by Gasteiger charge is -2.25. The van der Waals surface area contributed by atoms with Gasteiger partial charge >= 0.3 is 5.97 Å². The Morgan fingerprint density at radius 3 is 2.25 bits per heavy atom. The van der Waals surface area contributed by atoms with Crippen LogP contribution in [0.2, 0.25) is 0 Å². The van der Waals surface area contributed by atoms with Gasteiger partial charge in [0, 0.05) is 18.6 Å². The molecular formula is C9H16O3. The highest BCUT2D eigenvalue weighted by molar-refractivity contribution is 5.79. The van der Waals surface area contributed by atoms with Crippen molar-refractivity contribution < 1.29 is 15.0 Å². The first-order valence-corrected chi connectivity index (χ1v) is 3.90. The monoisotopic (exact) mass is 172 g/mol. The summed E-state index contributed by atoms with van der Waals surface area (Å²) >= 11 is 0. The van der Waals surface area contributed by atoms with Crippen LogP contribution >= 0.6 is 0 Å². The van der Waals surface area contributed by atoms with Gasteiger partial charge in [-0.15, -0.1) is 0 Å². The van der Waals surface area contributed by atoms with E-state index in [0.717, 1.165) is 6.08 Å². The Bertz CT molecular complexity index is 177. The van der Waals surface area contributed by atoms with E-state index in [0.29, 0.717) is 0 Å². The second kappa shape index (κ2) is 4.26. The SMILES string of the molecule is CC(C)(C)C(C=CC(=O)O)CO. The van der Waals surface area contributed by atoms with Crippen molar-refractivity contribution >= 4 is 5.97 Å². The summed E-state index contributed by atoms with van der Waals surface area (Å²) in [7, 11) is 0. The van der Waals surface area contributed by atoms with Crippen molar-refractivity contribution in [1.82, 2.24) is 0 Å². The van der Waals surface area contributed by atoms with Crippen molar-refractivity contribution in [3.8, 4) is 0 Å². The Labute approximate surface area is 72.7 Å². The van der Waals surface area contributed by atoms with Crippen LogP contribution < -0.4 is 0 Å². The fraction of sp³-hybridized carbons (Fsp3) is 0.667. The van der Waals surface area contributed by atoms with Crippen LogP contribution in [0, 0.1) is 11.3 Å². The van der Waals surface area contributed by atoms with Crippen LogP contribution in [0.15, 0.2) is 12.2 Å². The van der Waals surface area contributed by atoms with E-state index in [1.807, 2.05) is 20.8 Å². The number of aliphatic hydroxyl groups excluding tert-OH is 1. The molecule has 0 rings (SSSR count). The lowest BCUT2D eigenvalue weighted by molar-refractivity contribution is -0.131. The van der Waals surface area contributed by atoms with Crippen molar-refractivity contribution in [1.29, 1.82) is 0 Å². The highest BCUT2D eigenvalue weighted by Crippen LogP contribution is 2.26. The molecule has 70 valence electrons. The Morgan fingerprint density at radius 1 is 1.50 bits per heavy atom. The van der Waals surface area contributed by atoms with Crippen LogP contribution in [0.3, 0.4) is 0 Å². The van der Waals surface area contributed by atoms with Gasteiger partial charge in [0.25, 0.3) is 0 Å². The minimum absolute atomic E-state index is 0.0206. The van der Waals surface area contributed by atoms with Crippen LogP contribution in [0.1, 0.15) is 20.8 Å². The van der Waals surface area contributed by atoms with Crippen molar-refractivity contribution in [3.63, 3.8) is 0 Å². The van der Waals surface area contributed by atoms with Gasteiger partial charge < -0.3 is 10.2 Å². The summed E-state index contributed by atoms with van der Waals surface area (Å²) in [6.07, 6.45) is 2.61. The van der Waals surface area contributed by atoms with E-state index in [1.165, 1.54) is 6.08 Å². The molecule has 3 nitrogen and oxygen atoms in total. The number of carboxylic acids is 1.